The van der Waals surface area contributed by atoms with Crippen LogP contribution in [-0.4, -0.2) is 19.8 Å². The Bertz CT molecular complexity index is 1120. The molecule has 0 saturated carbocycles. The van der Waals surface area contributed by atoms with Crippen molar-refractivity contribution in [1.29, 1.82) is 0 Å². The van der Waals surface area contributed by atoms with Crippen LogP contribution in [0.3, 0.4) is 0 Å². The Hall–Kier alpha value is -3.20. The lowest BCUT2D eigenvalue weighted by Gasteiger charge is -2.09. The summed E-state index contributed by atoms with van der Waals surface area (Å²) in [6.45, 7) is 8.13. The molecule has 196 valence electrons. The van der Waals surface area contributed by atoms with E-state index in [9.17, 15) is 0 Å². The van der Waals surface area contributed by atoms with E-state index in [4.69, 9.17) is 14.2 Å². The van der Waals surface area contributed by atoms with Gasteiger partial charge < -0.3 is 14.2 Å². The first kappa shape index (κ1) is 26.9. The third kappa shape index (κ3) is 8.15. The van der Waals surface area contributed by atoms with E-state index in [0.29, 0.717) is 0 Å². The minimum Gasteiger partial charge on any atom is -0.502 e. The van der Waals surface area contributed by atoms with Crippen LogP contribution >= 0.6 is 0 Å². The molecule has 0 fully saturated rings. The second-order valence-corrected chi connectivity index (χ2v) is 9.99. The number of benzene rings is 3. The average molecular weight is 499 g/mol. The van der Waals surface area contributed by atoms with E-state index in [2.05, 4.69) is 74.2 Å². The molecule has 0 spiro atoms. The molecule has 0 N–H and O–H groups in total. The van der Waals surface area contributed by atoms with Gasteiger partial charge in [0.05, 0.1) is 26.1 Å². The molecule has 0 unspecified atom stereocenters. The van der Waals surface area contributed by atoms with Crippen molar-refractivity contribution in [2.45, 2.75) is 71.1 Å². The maximum absolute atomic E-state index is 5.98. The molecule has 3 nitrogen and oxygen atoms in total. The summed E-state index contributed by atoms with van der Waals surface area (Å²) in [5.74, 6) is 1.97. The fraction of sp³-hybridized carbons (Fsp3) is 0.412. The summed E-state index contributed by atoms with van der Waals surface area (Å²) in [5.41, 5.74) is 8.32. The molecule has 0 bridgehead atoms. The molecule has 0 heterocycles. The van der Waals surface area contributed by atoms with Crippen molar-refractivity contribution < 1.29 is 14.2 Å². The first-order chi connectivity index (χ1) is 18.3. The maximum atomic E-state index is 5.98. The Morgan fingerprint density at radius 1 is 0.649 bits per heavy atom. The van der Waals surface area contributed by atoms with Gasteiger partial charge in [-0.2, -0.15) is 0 Å². The van der Waals surface area contributed by atoms with Crippen LogP contribution in [0.4, 0.5) is 0 Å². The molecule has 0 aromatic heterocycles. The predicted molar refractivity (Wildman–Crippen MR) is 154 cm³/mol. The molecular formula is C34H42O3. The third-order valence-electron chi connectivity index (χ3n) is 7.10. The largest absolute Gasteiger partial charge is 0.502 e. The highest BCUT2D eigenvalue weighted by atomic mass is 16.5. The lowest BCUT2D eigenvalue weighted by Crippen LogP contribution is -1.98. The van der Waals surface area contributed by atoms with E-state index < -0.39 is 0 Å². The van der Waals surface area contributed by atoms with Crippen LogP contribution in [0.25, 0.3) is 11.1 Å². The Balaban J connectivity index is 1.21. The van der Waals surface area contributed by atoms with Gasteiger partial charge in [-0.05, 0) is 109 Å². The Labute approximate surface area is 223 Å². The standard InChI is InChI=1S/C34H42O3/c1-3-5-8-22-37-32-18-20-34-30(26-32)25-29-24-28(15-19-33(29)34)12-11-27-13-16-31(17-14-27)36-23-10-7-6-9-21-35-4-2/h4,13-20,24,26H,2-3,5-12,21-23,25H2,1H3. The monoisotopic (exact) mass is 498 g/mol. The highest BCUT2D eigenvalue weighted by Crippen LogP contribution is 2.39. The molecule has 3 heteroatoms. The van der Waals surface area contributed by atoms with Gasteiger partial charge >= 0.3 is 0 Å². The quantitative estimate of drug-likeness (QED) is 0.108. The molecule has 0 atom stereocenters. The van der Waals surface area contributed by atoms with Crippen LogP contribution < -0.4 is 9.47 Å². The first-order valence-corrected chi connectivity index (χ1v) is 14.1. The zero-order valence-corrected chi connectivity index (χ0v) is 22.5. The highest BCUT2D eigenvalue weighted by molar-refractivity contribution is 5.77. The van der Waals surface area contributed by atoms with Crippen molar-refractivity contribution in [3.63, 3.8) is 0 Å². The van der Waals surface area contributed by atoms with Crippen molar-refractivity contribution in [3.8, 4) is 22.6 Å². The van der Waals surface area contributed by atoms with Crippen LogP contribution in [0.15, 0.2) is 73.5 Å². The SMILES string of the molecule is C=COCCCCCCOc1ccc(CCc2ccc3c(c2)Cc2cc(OCCCCC)ccc2-3)cc1. The van der Waals surface area contributed by atoms with Crippen molar-refractivity contribution in [2.24, 2.45) is 0 Å². The number of aryl methyl sites for hydroxylation is 2. The summed E-state index contributed by atoms with van der Waals surface area (Å²) in [6, 6.07) is 22.2. The zero-order valence-electron chi connectivity index (χ0n) is 22.5. The van der Waals surface area contributed by atoms with Crippen LogP contribution in [0, 0.1) is 0 Å². The van der Waals surface area contributed by atoms with Gasteiger partial charge in [-0.15, -0.1) is 0 Å². The second-order valence-electron chi connectivity index (χ2n) is 9.99. The van der Waals surface area contributed by atoms with E-state index in [1.54, 1.807) is 0 Å². The smallest absolute Gasteiger partial charge is 0.119 e. The molecule has 0 aliphatic heterocycles. The molecule has 1 aliphatic carbocycles. The second kappa shape index (κ2) is 14.5. The van der Waals surface area contributed by atoms with Gasteiger partial charge in [0.2, 0.25) is 0 Å². The van der Waals surface area contributed by atoms with Crippen LogP contribution in [-0.2, 0) is 24.0 Å². The van der Waals surface area contributed by atoms with Crippen molar-refractivity contribution in [1.82, 2.24) is 0 Å². The lowest BCUT2D eigenvalue weighted by molar-refractivity contribution is 0.239. The van der Waals surface area contributed by atoms with E-state index in [-0.39, 0.29) is 0 Å². The van der Waals surface area contributed by atoms with E-state index in [0.717, 1.165) is 69.8 Å². The highest BCUT2D eigenvalue weighted by Gasteiger charge is 2.19. The lowest BCUT2D eigenvalue weighted by atomic mass is 9.99. The van der Waals surface area contributed by atoms with Crippen LogP contribution in [0.2, 0.25) is 0 Å². The Kier molecular flexibility index (Phi) is 10.5. The molecule has 37 heavy (non-hydrogen) atoms. The summed E-state index contributed by atoms with van der Waals surface area (Å²) in [4.78, 5) is 0. The summed E-state index contributed by atoms with van der Waals surface area (Å²) >= 11 is 0. The summed E-state index contributed by atoms with van der Waals surface area (Å²) < 4.78 is 17.1. The van der Waals surface area contributed by atoms with Crippen molar-refractivity contribution >= 4 is 0 Å². The molecule has 0 amide bonds. The normalized spacial score (nSPS) is 11.6. The fourth-order valence-corrected chi connectivity index (χ4v) is 4.98. The van der Waals surface area contributed by atoms with Gasteiger partial charge in [0, 0.05) is 0 Å². The number of hydrogen-bond acceptors (Lipinski definition) is 3. The Morgan fingerprint density at radius 2 is 1.24 bits per heavy atom. The number of ether oxygens (including phenoxy) is 3. The summed E-state index contributed by atoms with van der Waals surface area (Å²) in [5, 5.41) is 0. The van der Waals surface area contributed by atoms with Crippen molar-refractivity contribution in [2.75, 3.05) is 19.8 Å². The minimum absolute atomic E-state index is 0.764. The number of rotatable bonds is 17. The molecule has 3 aromatic carbocycles. The molecule has 1 aliphatic rings. The molecular weight excluding hydrogens is 456 g/mol. The van der Waals surface area contributed by atoms with Gasteiger partial charge in [-0.25, -0.2) is 0 Å². The van der Waals surface area contributed by atoms with E-state index >= 15 is 0 Å². The van der Waals surface area contributed by atoms with Gasteiger partial charge in [0.25, 0.3) is 0 Å². The maximum Gasteiger partial charge on any atom is 0.119 e. The van der Waals surface area contributed by atoms with Crippen LogP contribution in [0.1, 0.15) is 74.1 Å². The van der Waals surface area contributed by atoms with Crippen LogP contribution in [0.5, 0.6) is 11.5 Å². The van der Waals surface area contributed by atoms with E-state index in [1.165, 1.54) is 65.3 Å². The minimum atomic E-state index is 0.764. The third-order valence-corrected chi connectivity index (χ3v) is 7.10. The predicted octanol–water partition coefficient (Wildman–Crippen LogP) is 8.71. The number of hydrogen-bond donors (Lipinski definition) is 0. The molecule has 3 aromatic rings. The first-order valence-electron chi connectivity index (χ1n) is 14.1. The fourth-order valence-electron chi connectivity index (χ4n) is 4.98. The molecule has 4 rings (SSSR count). The molecule has 0 radical (unpaired) electrons. The summed E-state index contributed by atoms with van der Waals surface area (Å²) in [6.07, 6.45) is 12.7. The Morgan fingerprint density at radius 3 is 2.00 bits per heavy atom. The van der Waals surface area contributed by atoms with Gasteiger partial charge in [0.15, 0.2) is 0 Å². The number of fused-ring (bicyclic) bond motifs is 3. The summed E-state index contributed by atoms with van der Waals surface area (Å²) in [7, 11) is 0. The number of unbranched alkanes of at least 4 members (excludes halogenated alkanes) is 5. The zero-order chi connectivity index (χ0) is 25.7. The molecule has 0 saturated heterocycles. The van der Waals surface area contributed by atoms with Gasteiger partial charge in [-0.3, -0.25) is 0 Å². The average Bonchev–Trinajstić information content (AvgIpc) is 3.29. The van der Waals surface area contributed by atoms with Gasteiger partial charge in [0.1, 0.15) is 11.5 Å². The van der Waals surface area contributed by atoms with Crippen molar-refractivity contribution in [3.05, 3.63) is 95.8 Å². The topological polar surface area (TPSA) is 27.7 Å². The van der Waals surface area contributed by atoms with E-state index in [1.807, 2.05) is 0 Å². The van der Waals surface area contributed by atoms with Gasteiger partial charge in [-0.1, -0.05) is 62.7 Å².